The summed E-state index contributed by atoms with van der Waals surface area (Å²) < 4.78 is 5.71. The molecule has 1 atom stereocenters. The van der Waals surface area contributed by atoms with Gasteiger partial charge in [0, 0.05) is 31.3 Å². The van der Waals surface area contributed by atoms with Gasteiger partial charge in [0.1, 0.15) is 5.75 Å². The first-order valence-electron chi connectivity index (χ1n) is 7.61. The van der Waals surface area contributed by atoms with Gasteiger partial charge in [-0.15, -0.1) is 0 Å². The summed E-state index contributed by atoms with van der Waals surface area (Å²) in [6, 6.07) is 12.0. The van der Waals surface area contributed by atoms with E-state index in [9.17, 15) is 4.79 Å². The Hall–Kier alpha value is -2.36. The van der Waals surface area contributed by atoms with Crippen LogP contribution in [0.2, 0.25) is 0 Å². The first-order valence-corrected chi connectivity index (χ1v) is 7.61. The molecule has 1 aliphatic heterocycles. The van der Waals surface area contributed by atoms with Crippen LogP contribution in [0.1, 0.15) is 30.9 Å². The molecule has 1 fully saturated rings. The van der Waals surface area contributed by atoms with Crippen molar-refractivity contribution in [3.63, 3.8) is 0 Å². The van der Waals surface area contributed by atoms with Crippen LogP contribution >= 0.6 is 0 Å². The van der Waals surface area contributed by atoms with Crippen molar-refractivity contribution in [1.29, 1.82) is 0 Å². The van der Waals surface area contributed by atoms with Crippen molar-refractivity contribution < 1.29 is 9.53 Å². The van der Waals surface area contributed by atoms with Crippen LogP contribution in [-0.2, 0) is 11.3 Å². The van der Waals surface area contributed by atoms with E-state index < -0.39 is 0 Å². The van der Waals surface area contributed by atoms with Crippen molar-refractivity contribution in [3.8, 4) is 11.6 Å². The first-order chi connectivity index (χ1) is 10.6. The third kappa shape index (κ3) is 3.27. The summed E-state index contributed by atoms with van der Waals surface area (Å²) in [7, 11) is 0. The molecular formula is C18H20N2O2. The van der Waals surface area contributed by atoms with E-state index >= 15 is 0 Å². The van der Waals surface area contributed by atoms with Gasteiger partial charge >= 0.3 is 0 Å². The number of likely N-dealkylation sites (tertiary alicyclic amines) is 1. The lowest BCUT2D eigenvalue weighted by Gasteiger charge is -2.21. The fourth-order valence-electron chi connectivity index (χ4n) is 2.61. The van der Waals surface area contributed by atoms with Crippen LogP contribution in [-0.4, -0.2) is 21.8 Å². The summed E-state index contributed by atoms with van der Waals surface area (Å²) >= 11 is 0. The zero-order valence-electron chi connectivity index (χ0n) is 13.0. The Morgan fingerprint density at radius 3 is 2.59 bits per heavy atom. The number of benzene rings is 1. The van der Waals surface area contributed by atoms with E-state index in [0.29, 0.717) is 24.9 Å². The second kappa shape index (κ2) is 6.18. The molecule has 3 rings (SSSR count). The van der Waals surface area contributed by atoms with Gasteiger partial charge in [0.05, 0.1) is 0 Å². The Labute approximate surface area is 130 Å². The summed E-state index contributed by atoms with van der Waals surface area (Å²) in [5, 5.41) is 0. The number of amides is 1. The zero-order valence-corrected chi connectivity index (χ0v) is 13.0. The minimum absolute atomic E-state index is 0.229. The molecule has 2 aromatic rings. The van der Waals surface area contributed by atoms with Gasteiger partial charge in [0.25, 0.3) is 0 Å². The predicted octanol–water partition coefficient (Wildman–Crippen LogP) is 3.69. The van der Waals surface area contributed by atoms with E-state index in [1.54, 1.807) is 6.20 Å². The second-order valence-electron chi connectivity index (χ2n) is 5.83. The number of rotatable bonds is 4. The smallest absolute Gasteiger partial charge is 0.223 e. The van der Waals surface area contributed by atoms with E-state index in [-0.39, 0.29) is 5.91 Å². The summed E-state index contributed by atoms with van der Waals surface area (Å²) in [6.07, 6.45) is 3.38. The maximum absolute atomic E-state index is 11.8. The normalized spacial score (nSPS) is 17.8. The summed E-state index contributed by atoms with van der Waals surface area (Å²) in [5.74, 6) is 1.56. The average molecular weight is 296 g/mol. The average Bonchev–Trinajstić information content (AvgIpc) is 2.83. The fraction of sp³-hybridized carbons (Fsp3) is 0.333. The maximum Gasteiger partial charge on any atom is 0.223 e. The van der Waals surface area contributed by atoms with Crippen molar-refractivity contribution in [1.82, 2.24) is 9.88 Å². The Balaban J connectivity index is 1.65. The molecule has 1 saturated heterocycles. The predicted molar refractivity (Wildman–Crippen MR) is 84.7 cm³/mol. The topological polar surface area (TPSA) is 42.4 Å². The molecule has 1 aromatic carbocycles. The Morgan fingerprint density at radius 2 is 2.00 bits per heavy atom. The molecule has 1 aliphatic rings. The van der Waals surface area contributed by atoms with Crippen molar-refractivity contribution in [2.45, 2.75) is 39.3 Å². The van der Waals surface area contributed by atoms with E-state index in [4.69, 9.17) is 4.74 Å². The molecule has 114 valence electrons. The van der Waals surface area contributed by atoms with Gasteiger partial charge in [-0.05, 0) is 38.0 Å². The minimum Gasteiger partial charge on any atom is -0.439 e. The molecule has 0 N–H and O–H groups in total. The second-order valence-corrected chi connectivity index (χ2v) is 5.83. The van der Waals surface area contributed by atoms with Crippen molar-refractivity contribution >= 4 is 5.91 Å². The zero-order chi connectivity index (χ0) is 15.5. The Bertz CT molecular complexity index is 650. The number of nitrogens with zero attached hydrogens (tertiary/aromatic N) is 2. The fourth-order valence-corrected chi connectivity index (χ4v) is 2.61. The molecule has 22 heavy (non-hydrogen) atoms. The SMILES string of the molecule is Cc1ccc(Oc2ccc(CN3C(=O)CC[C@@H]3C)cn2)cc1. The lowest BCUT2D eigenvalue weighted by molar-refractivity contribution is -0.129. The van der Waals surface area contributed by atoms with Crippen molar-refractivity contribution in [2.24, 2.45) is 0 Å². The molecule has 0 radical (unpaired) electrons. The standard InChI is InChI=1S/C18H20N2O2/c1-13-3-7-16(8-4-13)22-17-9-6-15(11-19-17)12-20-14(2)5-10-18(20)21/h3-4,6-9,11,14H,5,10,12H2,1-2H3/t14-/m0/s1. The number of ether oxygens (including phenoxy) is 1. The quantitative estimate of drug-likeness (QED) is 0.864. The number of aryl methyl sites for hydroxylation is 1. The van der Waals surface area contributed by atoms with E-state index in [0.717, 1.165) is 17.7 Å². The molecule has 0 aliphatic carbocycles. The van der Waals surface area contributed by atoms with Crippen molar-refractivity contribution in [3.05, 3.63) is 53.7 Å². The number of pyridine rings is 1. The van der Waals surface area contributed by atoms with Gasteiger partial charge in [-0.1, -0.05) is 23.8 Å². The van der Waals surface area contributed by atoms with Crippen molar-refractivity contribution in [2.75, 3.05) is 0 Å². The van der Waals surface area contributed by atoms with Gasteiger partial charge in [0.15, 0.2) is 0 Å². The molecule has 0 bridgehead atoms. The largest absolute Gasteiger partial charge is 0.439 e. The van der Waals surface area contributed by atoms with Gasteiger partial charge in [-0.25, -0.2) is 4.98 Å². The van der Waals surface area contributed by atoms with Gasteiger partial charge in [-0.3, -0.25) is 4.79 Å². The number of aromatic nitrogens is 1. The maximum atomic E-state index is 11.8. The van der Waals surface area contributed by atoms with Crippen LogP contribution in [0.4, 0.5) is 0 Å². The highest BCUT2D eigenvalue weighted by molar-refractivity contribution is 5.78. The van der Waals surface area contributed by atoms with Crippen LogP contribution in [0.15, 0.2) is 42.6 Å². The van der Waals surface area contributed by atoms with E-state index in [2.05, 4.69) is 11.9 Å². The highest BCUT2D eigenvalue weighted by Crippen LogP contribution is 2.23. The van der Waals surface area contributed by atoms with Crippen LogP contribution in [0.5, 0.6) is 11.6 Å². The highest BCUT2D eigenvalue weighted by Gasteiger charge is 2.27. The Kier molecular flexibility index (Phi) is 4.09. The minimum atomic E-state index is 0.229. The van der Waals surface area contributed by atoms with Gasteiger partial charge < -0.3 is 9.64 Å². The third-order valence-electron chi connectivity index (χ3n) is 4.02. The Morgan fingerprint density at radius 1 is 1.23 bits per heavy atom. The molecular weight excluding hydrogens is 276 g/mol. The number of carbonyl (C=O) groups excluding carboxylic acids is 1. The molecule has 0 spiro atoms. The molecule has 2 heterocycles. The monoisotopic (exact) mass is 296 g/mol. The lowest BCUT2D eigenvalue weighted by Crippen LogP contribution is -2.30. The number of hydrogen-bond donors (Lipinski definition) is 0. The summed E-state index contributed by atoms with van der Waals surface area (Å²) in [5.41, 5.74) is 2.22. The number of hydrogen-bond acceptors (Lipinski definition) is 3. The van der Waals surface area contributed by atoms with Gasteiger partial charge in [0.2, 0.25) is 11.8 Å². The molecule has 4 nitrogen and oxygen atoms in total. The molecule has 1 amide bonds. The van der Waals surface area contributed by atoms with Crippen LogP contribution in [0.25, 0.3) is 0 Å². The lowest BCUT2D eigenvalue weighted by atomic mass is 10.2. The van der Waals surface area contributed by atoms with Crippen LogP contribution in [0, 0.1) is 6.92 Å². The molecule has 1 aromatic heterocycles. The van der Waals surface area contributed by atoms with E-state index in [1.165, 1.54) is 5.56 Å². The van der Waals surface area contributed by atoms with E-state index in [1.807, 2.05) is 48.2 Å². The highest BCUT2D eigenvalue weighted by atomic mass is 16.5. The summed E-state index contributed by atoms with van der Waals surface area (Å²) in [6.45, 7) is 4.75. The third-order valence-corrected chi connectivity index (χ3v) is 4.02. The van der Waals surface area contributed by atoms with Crippen LogP contribution in [0.3, 0.4) is 0 Å². The number of carbonyl (C=O) groups is 1. The molecule has 0 unspecified atom stereocenters. The van der Waals surface area contributed by atoms with Gasteiger partial charge in [-0.2, -0.15) is 0 Å². The van der Waals surface area contributed by atoms with Crippen LogP contribution < -0.4 is 4.74 Å². The summed E-state index contributed by atoms with van der Waals surface area (Å²) in [4.78, 5) is 18.0. The molecule has 0 saturated carbocycles. The first kappa shape index (κ1) is 14.6. The molecule has 4 heteroatoms.